The van der Waals surface area contributed by atoms with Crippen LogP contribution in [0.2, 0.25) is 0 Å². The molecule has 0 aromatic heterocycles. The van der Waals surface area contributed by atoms with Crippen LogP contribution in [0, 0.1) is 15.3 Å². The van der Waals surface area contributed by atoms with Gasteiger partial charge in [-0.2, -0.15) is 0 Å². The van der Waals surface area contributed by atoms with Crippen LogP contribution in [-0.4, -0.2) is 13.3 Å². The Kier molecular flexibility index (Phi) is 7.37. The minimum absolute atomic E-state index is 0.123. The van der Waals surface area contributed by atoms with Crippen LogP contribution in [0.5, 0.6) is 11.5 Å². The zero-order chi connectivity index (χ0) is 26.8. The van der Waals surface area contributed by atoms with Crippen molar-refractivity contribution in [2.45, 2.75) is 25.0 Å². The lowest BCUT2D eigenvalue weighted by molar-refractivity contribution is 0.277. The van der Waals surface area contributed by atoms with Gasteiger partial charge in [-0.1, -0.05) is 60.7 Å². The van der Waals surface area contributed by atoms with E-state index in [9.17, 15) is 4.39 Å². The number of halogens is 2. The van der Waals surface area contributed by atoms with Crippen molar-refractivity contribution in [3.8, 4) is 11.5 Å². The summed E-state index contributed by atoms with van der Waals surface area (Å²) in [6.07, 6.45) is 7.59. The summed E-state index contributed by atoms with van der Waals surface area (Å²) < 4.78 is 26.4. The lowest BCUT2D eigenvalue weighted by Crippen LogP contribution is -2.28. The molecule has 196 valence electrons. The van der Waals surface area contributed by atoms with Crippen LogP contribution >= 0.6 is 22.6 Å². The van der Waals surface area contributed by atoms with Gasteiger partial charge in [0.25, 0.3) is 0 Å². The van der Waals surface area contributed by atoms with Gasteiger partial charge in [-0.25, -0.2) is 4.39 Å². The highest BCUT2D eigenvalue weighted by atomic mass is 127. The molecule has 0 saturated carbocycles. The number of aliphatic imine (C=N–C) groups is 1. The van der Waals surface area contributed by atoms with Crippen molar-refractivity contribution < 1.29 is 13.9 Å². The van der Waals surface area contributed by atoms with E-state index in [1.807, 2.05) is 18.3 Å². The van der Waals surface area contributed by atoms with Crippen molar-refractivity contribution in [2.75, 3.05) is 12.4 Å². The molecular weight excluding hydrogens is 602 g/mol. The third-order valence-corrected chi connectivity index (χ3v) is 8.27. The Morgan fingerprint density at radius 3 is 2.64 bits per heavy atom. The van der Waals surface area contributed by atoms with Gasteiger partial charge in [-0.15, -0.1) is 0 Å². The molecule has 1 aliphatic heterocycles. The molecule has 1 heterocycles. The Balaban J connectivity index is 1.17. The van der Waals surface area contributed by atoms with E-state index < -0.39 is 0 Å². The summed E-state index contributed by atoms with van der Waals surface area (Å²) >= 11 is 2.21. The van der Waals surface area contributed by atoms with Gasteiger partial charge in [0.1, 0.15) is 12.4 Å². The Morgan fingerprint density at radius 1 is 1.03 bits per heavy atom. The van der Waals surface area contributed by atoms with Crippen LogP contribution < -0.4 is 14.8 Å². The molecule has 0 fully saturated rings. The van der Waals surface area contributed by atoms with Gasteiger partial charge in [-0.05, 0) is 88.0 Å². The zero-order valence-corrected chi connectivity index (χ0v) is 23.6. The molecule has 4 nitrogen and oxygen atoms in total. The maximum absolute atomic E-state index is 14.0. The molecular formula is C33H28FIN2O2. The number of hydrogen-bond donors (Lipinski definition) is 1. The second-order valence-electron chi connectivity index (χ2n) is 9.83. The van der Waals surface area contributed by atoms with Gasteiger partial charge in [0.15, 0.2) is 11.5 Å². The number of allylic oxidation sites excluding steroid dienone is 2. The average molecular weight is 631 g/mol. The first-order chi connectivity index (χ1) is 19.1. The summed E-state index contributed by atoms with van der Waals surface area (Å²) in [5.74, 6) is 1.86. The lowest BCUT2D eigenvalue weighted by atomic mass is 9.77. The number of methoxy groups -OCH3 is 1. The van der Waals surface area contributed by atoms with E-state index in [0.717, 1.165) is 21.2 Å². The maximum Gasteiger partial charge on any atom is 0.174 e. The molecule has 4 aromatic carbocycles. The molecule has 6 rings (SSSR count). The highest BCUT2D eigenvalue weighted by Gasteiger charge is 2.37. The van der Waals surface area contributed by atoms with E-state index in [4.69, 9.17) is 14.5 Å². The number of benzene rings is 4. The lowest BCUT2D eigenvalue weighted by Gasteiger charge is -2.37. The van der Waals surface area contributed by atoms with Crippen LogP contribution in [-0.2, 0) is 6.61 Å². The predicted octanol–water partition coefficient (Wildman–Crippen LogP) is 8.60. The molecule has 0 unspecified atom stereocenters. The molecule has 39 heavy (non-hydrogen) atoms. The van der Waals surface area contributed by atoms with Crippen LogP contribution in [0.25, 0.3) is 0 Å². The first-order valence-electron chi connectivity index (χ1n) is 13.0. The Bertz CT molecular complexity index is 1550. The summed E-state index contributed by atoms with van der Waals surface area (Å²) in [5, 5.41) is 3.78. The Morgan fingerprint density at radius 2 is 1.82 bits per heavy atom. The van der Waals surface area contributed by atoms with Crippen molar-refractivity contribution >= 4 is 40.2 Å². The van der Waals surface area contributed by atoms with Crippen molar-refractivity contribution in [3.63, 3.8) is 0 Å². The third kappa shape index (κ3) is 5.30. The summed E-state index contributed by atoms with van der Waals surface area (Å²) in [6, 6.07) is 27.9. The summed E-state index contributed by atoms with van der Waals surface area (Å²) in [7, 11) is 1.60. The van der Waals surface area contributed by atoms with Crippen LogP contribution in [0.3, 0.4) is 0 Å². The van der Waals surface area contributed by atoms with E-state index in [-0.39, 0.29) is 18.5 Å². The number of rotatable bonds is 7. The molecule has 0 saturated heterocycles. The van der Waals surface area contributed by atoms with Crippen LogP contribution in [0.1, 0.15) is 40.6 Å². The van der Waals surface area contributed by atoms with E-state index in [1.165, 1.54) is 22.9 Å². The average Bonchev–Trinajstić information content (AvgIpc) is 3.46. The van der Waals surface area contributed by atoms with Gasteiger partial charge >= 0.3 is 0 Å². The molecule has 1 N–H and O–H groups in total. The number of fused-ring (bicyclic) bond motifs is 3. The van der Waals surface area contributed by atoms with Crippen molar-refractivity contribution in [3.05, 3.63) is 129 Å². The SMILES string of the molecule is COc1cc(C=Nc2ccc([C@@H]3Nc4ccccc4[C@H]4C=CC[C@H]43)cc2)cc(I)c1OCc1ccccc1F. The van der Waals surface area contributed by atoms with Gasteiger partial charge in [-0.3, -0.25) is 4.99 Å². The van der Waals surface area contributed by atoms with Gasteiger partial charge in [0.2, 0.25) is 0 Å². The monoisotopic (exact) mass is 630 g/mol. The number of nitrogens with one attached hydrogen (secondary N) is 1. The summed E-state index contributed by atoms with van der Waals surface area (Å²) in [4.78, 5) is 4.71. The van der Waals surface area contributed by atoms with Gasteiger partial charge < -0.3 is 14.8 Å². The van der Waals surface area contributed by atoms with Crippen molar-refractivity contribution in [2.24, 2.45) is 10.9 Å². The topological polar surface area (TPSA) is 42.8 Å². The second-order valence-corrected chi connectivity index (χ2v) is 11.0. The highest BCUT2D eigenvalue weighted by molar-refractivity contribution is 14.1. The maximum atomic E-state index is 14.0. The third-order valence-electron chi connectivity index (χ3n) is 7.47. The van der Waals surface area contributed by atoms with E-state index >= 15 is 0 Å². The van der Waals surface area contributed by atoms with E-state index in [2.05, 4.69) is 88.6 Å². The zero-order valence-electron chi connectivity index (χ0n) is 21.5. The molecule has 4 aromatic rings. The molecule has 3 atom stereocenters. The van der Waals surface area contributed by atoms with Gasteiger partial charge in [0, 0.05) is 23.4 Å². The number of para-hydroxylation sites is 1. The van der Waals surface area contributed by atoms with Gasteiger partial charge in [0.05, 0.1) is 22.4 Å². The van der Waals surface area contributed by atoms with Crippen LogP contribution in [0.15, 0.2) is 102 Å². The predicted molar refractivity (Wildman–Crippen MR) is 163 cm³/mol. The smallest absolute Gasteiger partial charge is 0.174 e. The summed E-state index contributed by atoms with van der Waals surface area (Å²) in [6.45, 7) is 0.123. The number of nitrogens with zero attached hydrogens (tertiary/aromatic N) is 1. The fourth-order valence-corrected chi connectivity index (χ4v) is 6.29. The quantitative estimate of drug-likeness (QED) is 0.126. The number of anilines is 1. The second kappa shape index (κ2) is 11.2. The molecule has 6 heteroatoms. The molecule has 0 spiro atoms. The number of hydrogen-bond acceptors (Lipinski definition) is 4. The minimum atomic E-state index is -0.287. The van der Waals surface area contributed by atoms with E-state index in [1.54, 1.807) is 25.3 Å². The van der Waals surface area contributed by atoms with Crippen LogP contribution in [0.4, 0.5) is 15.8 Å². The molecule has 2 aliphatic rings. The Labute approximate surface area is 241 Å². The van der Waals surface area contributed by atoms with Crippen molar-refractivity contribution in [1.29, 1.82) is 0 Å². The highest BCUT2D eigenvalue weighted by Crippen LogP contribution is 2.49. The molecule has 0 radical (unpaired) electrons. The number of ether oxygens (including phenoxy) is 2. The molecule has 0 amide bonds. The molecule has 0 bridgehead atoms. The minimum Gasteiger partial charge on any atom is -0.493 e. The standard InChI is InChI=1S/C33H28FIN2O2/c1-38-31-18-21(17-29(35)33(31)39-20-23-7-2-4-11-28(23)34)19-36-24-15-13-22(14-16-24)32-27-10-6-9-25(27)26-8-3-5-12-30(26)37-32/h2-9,11-19,25,27,32,37H,10,20H2,1H3/t25-,27-,32+/m1/s1. The Hall–Kier alpha value is -3.65. The summed E-state index contributed by atoms with van der Waals surface area (Å²) in [5.41, 5.74) is 6.16. The van der Waals surface area contributed by atoms with E-state index in [0.29, 0.717) is 28.9 Å². The normalized spacial score (nSPS) is 19.4. The largest absolute Gasteiger partial charge is 0.493 e. The first-order valence-corrected chi connectivity index (χ1v) is 14.1. The fourth-order valence-electron chi connectivity index (χ4n) is 5.51. The molecule has 1 aliphatic carbocycles. The van der Waals surface area contributed by atoms with Crippen molar-refractivity contribution in [1.82, 2.24) is 0 Å². The first kappa shape index (κ1) is 25.6. The fraction of sp³-hybridized carbons (Fsp3) is 0.182.